The zero-order valence-electron chi connectivity index (χ0n) is 12.9. The van der Waals surface area contributed by atoms with E-state index in [1.165, 1.54) is 0 Å². The average molecular weight is 424 g/mol. The van der Waals surface area contributed by atoms with Crippen molar-refractivity contribution in [2.45, 2.75) is 13.8 Å². The van der Waals surface area contributed by atoms with Crippen LogP contribution >= 0.6 is 22.6 Å². The number of aryl methyl sites for hydroxylation is 2. The molecular weight excluding hydrogens is 407 g/mol. The molecule has 0 aliphatic carbocycles. The first-order chi connectivity index (χ1) is 11.0. The molecule has 0 bridgehead atoms. The van der Waals surface area contributed by atoms with Crippen molar-refractivity contribution in [1.82, 2.24) is 10.9 Å². The first-order valence-corrected chi connectivity index (χ1v) is 8.08. The van der Waals surface area contributed by atoms with Gasteiger partial charge in [0.15, 0.2) is 6.61 Å². The van der Waals surface area contributed by atoms with Gasteiger partial charge in [-0.1, -0.05) is 6.07 Å². The second kappa shape index (κ2) is 7.96. The summed E-state index contributed by atoms with van der Waals surface area (Å²) >= 11 is 2.15. The predicted molar refractivity (Wildman–Crippen MR) is 96.2 cm³/mol. The van der Waals surface area contributed by atoms with E-state index in [4.69, 9.17) is 4.74 Å². The highest BCUT2D eigenvalue weighted by atomic mass is 127. The third-order valence-electron chi connectivity index (χ3n) is 3.27. The number of hydrogen-bond acceptors (Lipinski definition) is 3. The zero-order chi connectivity index (χ0) is 16.8. The smallest absolute Gasteiger partial charge is 0.276 e. The molecule has 0 heterocycles. The molecule has 0 saturated heterocycles. The Morgan fingerprint density at radius 1 is 1.00 bits per heavy atom. The fraction of sp³-hybridized carbons (Fsp3) is 0.176. The fourth-order valence-corrected chi connectivity index (χ4v) is 2.15. The predicted octanol–water partition coefficient (Wildman–Crippen LogP) is 2.75. The van der Waals surface area contributed by atoms with Crippen molar-refractivity contribution in [2.75, 3.05) is 6.61 Å². The van der Waals surface area contributed by atoms with Gasteiger partial charge >= 0.3 is 0 Å². The number of nitrogens with one attached hydrogen (secondary N) is 2. The van der Waals surface area contributed by atoms with Crippen LogP contribution in [0.3, 0.4) is 0 Å². The zero-order valence-corrected chi connectivity index (χ0v) is 15.0. The number of amides is 2. The maximum absolute atomic E-state index is 11.8. The molecule has 2 amide bonds. The van der Waals surface area contributed by atoms with E-state index in [1.54, 1.807) is 18.2 Å². The van der Waals surface area contributed by atoms with Gasteiger partial charge in [-0.25, -0.2) is 0 Å². The van der Waals surface area contributed by atoms with Gasteiger partial charge in [-0.3, -0.25) is 20.4 Å². The van der Waals surface area contributed by atoms with Gasteiger partial charge in [0, 0.05) is 9.13 Å². The van der Waals surface area contributed by atoms with Crippen LogP contribution in [0.4, 0.5) is 0 Å². The van der Waals surface area contributed by atoms with Crippen molar-refractivity contribution in [3.05, 3.63) is 62.7 Å². The van der Waals surface area contributed by atoms with Gasteiger partial charge in [0.05, 0.1) is 0 Å². The van der Waals surface area contributed by atoms with E-state index in [-0.39, 0.29) is 12.5 Å². The first kappa shape index (κ1) is 17.3. The highest BCUT2D eigenvalue weighted by molar-refractivity contribution is 14.1. The maximum Gasteiger partial charge on any atom is 0.276 e. The summed E-state index contributed by atoms with van der Waals surface area (Å²) in [6, 6.07) is 12.6. The molecule has 120 valence electrons. The minimum atomic E-state index is -0.429. The Morgan fingerprint density at radius 3 is 2.35 bits per heavy atom. The Labute approximate surface area is 148 Å². The molecule has 6 heteroatoms. The molecule has 2 rings (SSSR count). The number of carbonyl (C=O) groups excluding carboxylic acids is 2. The van der Waals surface area contributed by atoms with Crippen molar-refractivity contribution in [2.24, 2.45) is 0 Å². The Morgan fingerprint density at radius 2 is 1.70 bits per heavy atom. The third kappa shape index (κ3) is 5.24. The summed E-state index contributed by atoms with van der Waals surface area (Å²) in [5.74, 6) is -0.185. The molecule has 2 aromatic rings. The van der Waals surface area contributed by atoms with Crippen molar-refractivity contribution in [1.29, 1.82) is 0 Å². The van der Waals surface area contributed by atoms with E-state index in [2.05, 4.69) is 33.4 Å². The highest BCUT2D eigenvalue weighted by Gasteiger charge is 2.08. The van der Waals surface area contributed by atoms with Crippen LogP contribution in [0.1, 0.15) is 21.5 Å². The third-order valence-corrected chi connectivity index (χ3v) is 3.99. The van der Waals surface area contributed by atoms with Crippen LogP contribution in [0.5, 0.6) is 5.75 Å². The molecule has 0 radical (unpaired) electrons. The molecule has 0 fully saturated rings. The molecule has 2 aromatic carbocycles. The minimum Gasteiger partial charge on any atom is -0.484 e. The van der Waals surface area contributed by atoms with Crippen molar-refractivity contribution >= 4 is 34.4 Å². The molecule has 0 aliphatic rings. The van der Waals surface area contributed by atoms with Gasteiger partial charge in [0.1, 0.15) is 5.75 Å². The largest absolute Gasteiger partial charge is 0.484 e. The van der Waals surface area contributed by atoms with Gasteiger partial charge in [-0.2, -0.15) is 0 Å². The number of ether oxygens (including phenoxy) is 1. The van der Waals surface area contributed by atoms with Crippen LogP contribution in [-0.4, -0.2) is 18.4 Å². The number of hydrazine groups is 1. The standard InChI is InChI=1S/C17H17IN2O3/c1-11-3-8-15(9-12(11)2)23-10-16(21)19-20-17(22)13-4-6-14(18)7-5-13/h3-9H,10H2,1-2H3,(H,19,21)(H,20,22). The van der Waals surface area contributed by atoms with Crippen molar-refractivity contribution in [3.8, 4) is 5.75 Å². The monoisotopic (exact) mass is 424 g/mol. The lowest BCUT2D eigenvalue weighted by atomic mass is 10.1. The van der Waals surface area contributed by atoms with Crippen molar-refractivity contribution in [3.63, 3.8) is 0 Å². The molecule has 0 atom stereocenters. The quantitative estimate of drug-likeness (QED) is 0.586. The average Bonchev–Trinajstić information content (AvgIpc) is 2.54. The summed E-state index contributed by atoms with van der Waals surface area (Å²) < 4.78 is 6.43. The minimum absolute atomic E-state index is 0.171. The number of carbonyl (C=O) groups is 2. The van der Waals surface area contributed by atoms with Gasteiger partial charge in [-0.05, 0) is 84.0 Å². The Balaban J connectivity index is 1.79. The molecule has 0 aliphatic heterocycles. The van der Waals surface area contributed by atoms with E-state index >= 15 is 0 Å². The van der Waals surface area contributed by atoms with E-state index in [0.29, 0.717) is 11.3 Å². The van der Waals surface area contributed by atoms with Crippen LogP contribution in [0, 0.1) is 17.4 Å². The molecule has 5 nitrogen and oxygen atoms in total. The summed E-state index contributed by atoms with van der Waals surface area (Å²) in [5, 5.41) is 0. The Hall–Kier alpha value is -2.09. The molecular formula is C17H17IN2O3. The van der Waals surface area contributed by atoms with Crippen molar-refractivity contribution < 1.29 is 14.3 Å². The fourth-order valence-electron chi connectivity index (χ4n) is 1.79. The number of hydrogen-bond donors (Lipinski definition) is 2. The lowest BCUT2D eigenvalue weighted by Crippen LogP contribution is -2.43. The molecule has 2 N–H and O–H groups in total. The molecule has 0 spiro atoms. The van der Waals surface area contributed by atoms with Crippen LogP contribution in [-0.2, 0) is 4.79 Å². The molecule has 0 saturated carbocycles. The lowest BCUT2D eigenvalue weighted by molar-refractivity contribution is -0.123. The Kier molecular flexibility index (Phi) is 5.97. The number of halogens is 1. The summed E-state index contributed by atoms with van der Waals surface area (Å²) in [7, 11) is 0. The van der Waals surface area contributed by atoms with Crippen LogP contribution < -0.4 is 15.6 Å². The van der Waals surface area contributed by atoms with Gasteiger partial charge in [-0.15, -0.1) is 0 Å². The summed E-state index contributed by atoms with van der Waals surface area (Å²) in [6.45, 7) is 3.81. The topological polar surface area (TPSA) is 67.4 Å². The Bertz CT molecular complexity index is 714. The SMILES string of the molecule is Cc1ccc(OCC(=O)NNC(=O)c2ccc(I)cc2)cc1C. The number of benzene rings is 2. The summed E-state index contributed by atoms with van der Waals surface area (Å²) in [5.41, 5.74) is 7.40. The van der Waals surface area contributed by atoms with E-state index in [0.717, 1.165) is 14.7 Å². The van der Waals surface area contributed by atoms with E-state index in [1.807, 2.05) is 38.1 Å². The van der Waals surface area contributed by atoms with Crippen LogP contribution in [0.2, 0.25) is 0 Å². The van der Waals surface area contributed by atoms with E-state index < -0.39 is 5.91 Å². The summed E-state index contributed by atoms with van der Waals surface area (Å²) in [4.78, 5) is 23.6. The van der Waals surface area contributed by atoms with E-state index in [9.17, 15) is 9.59 Å². The second-order valence-electron chi connectivity index (χ2n) is 5.04. The molecule has 23 heavy (non-hydrogen) atoms. The second-order valence-corrected chi connectivity index (χ2v) is 6.29. The summed E-state index contributed by atoms with van der Waals surface area (Å²) in [6.07, 6.45) is 0. The maximum atomic E-state index is 11.8. The molecule has 0 unspecified atom stereocenters. The first-order valence-electron chi connectivity index (χ1n) is 7.00. The van der Waals surface area contributed by atoms with Crippen LogP contribution in [0.25, 0.3) is 0 Å². The van der Waals surface area contributed by atoms with Gasteiger partial charge in [0.25, 0.3) is 11.8 Å². The normalized spacial score (nSPS) is 10.0. The molecule has 0 aromatic heterocycles. The number of rotatable bonds is 4. The highest BCUT2D eigenvalue weighted by Crippen LogP contribution is 2.16. The van der Waals surface area contributed by atoms with Crippen LogP contribution in [0.15, 0.2) is 42.5 Å². The van der Waals surface area contributed by atoms with Gasteiger partial charge < -0.3 is 4.74 Å². The lowest BCUT2D eigenvalue weighted by Gasteiger charge is -2.10. The van der Waals surface area contributed by atoms with Gasteiger partial charge in [0.2, 0.25) is 0 Å².